The smallest absolute Gasteiger partial charge is 0.248 e. The number of nitrogens with zero attached hydrogens (tertiary/aromatic N) is 3. The van der Waals surface area contributed by atoms with E-state index < -0.39 is 5.91 Å². The molecule has 21 heavy (non-hydrogen) atoms. The van der Waals surface area contributed by atoms with Crippen molar-refractivity contribution in [3.05, 3.63) is 40.7 Å². The van der Waals surface area contributed by atoms with E-state index in [9.17, 15) is 4.79 Å². The zero-order chi connectivity index (χ0) is 15.6. The number of benzene rings is 1. The quantitative estimate of drug-likeness (QED) is 0.884. The van der Waals surface area contributed by atoms with Crippen LogP contribution in [0.4, 0.5) is 11.6 Å². The molecule has 0 atom stereocenters. The second-order valence-corrected chi connectivity index (χ2v) is 5.32. The third-order valence-electron chi connectivity index (χ3n) is 3.17. The molecule has 7 heteroatoms. The number of halogens is 1. The van der Waals surface area contributed by atoms with E-state index >= 15 is 0 Å². The van der Waals surface area contributed by atoms with E-state index in [1.165, 1.54) is 0 Å². The summed E-state index contributed by atoms with van der Waals surface area (Å²) in [4.78, 5) is 17.5. The van der Waals surface area contributed by atoms with Gasteiger partial charge in [0.2, 0.25) is 11.9 Å². The number of anilines is 2. The number of nitrogens with one attached hydrogen (secondary N) is 1. The molecule has 2 aromatic rings. The maximum atomic E-state index is 11.2. The number of carbonyl (C=O) groups excluding carboxylic acids is 1. The van der Waals surface area contributed by atoms with Crippen molar-refractivity contribution in [2.24, 2.45) is 12.8 Å². The third kappa shape index (κ3) is 3.28. The van der Waals surface area contributed by atoms with E-state index in [0.717, 1.165) is 11.6 Å². The molecule has 1 amide bonds. The average Bonchev–Trinajstić information content (AvgIpc) is 2.79. The van der Waals surface area contributed by atoms with Crippen molar-refractivity contribution in [1.29, 1.82) is 0 Å². The predicted molar refractivity (Wildman–Crippen MR) is 84.8 cm³/mol. The Balaban J connectivity index is 2.16. The molecular weight excluding hydrogens is 290 g/mol. The van der Waals surface area contributed by atoms with Crippen molar-refractivity contribution < 1.29 is 4.79 Å². The van der Waals surface area contributed by atoms with Crippen LogP contribution in [-0.2, 0) is 13.6 Å². The summed E-state index contributed by atoms with van der Waals surface area (Å²) in [6.45, 7) is 0.541. The van der Waals surface area contributed by atoms with Crippen LogP contribution in [0.2, 0.25) is 5.02 Å². The maximum absolute atomic E-state index is 11.2. The molecule has 0 aliphatic carbocycles. The summed E-state index contributed by atoms with van der Waals surface area (Å²) in [6, 6.07) is 4.90. The van der Waals surface area contributed by atoms with Gasteiger partial charge in [-0.25, -0.2) is 4.98 Å². The van der Waals surface area contributed by atoms with E-state index in [2.05, 4.69) is 10.3 Å². The van der Waals surface area contributed by atoms with Gasteiger partial charge in [-0.1, -0.05) is 11.6 Å². The molecule has 0 bridgehead atoms. The maximum Gasteiger partial charge on any atom is 0.248 e. The normalized spacial score (nSPS) is 10.5. The van der Waals surface area contributed by atoms with Crippen LogP contribution in [0.25, 0.3) is 0 Å². The first-order valence-corrected chi connectivity index (χ1v) is 6.79. The van der Waals surface area contributed by atoms with Gasteiger partial charge in [0.05, 0.1) is 29.1 Å². The first-order valence-electron chi connectivity index (χ1n) is 6.41. The number of hydrogen-bond donors (Lipinski definition) is 2. The van der Waals surface area contributed by atoms with Crippen LogP contribution < -0.4 is 16.0 Å². The minimum Gasteiger partial charge on any atom is -0.378 e. The second kappa shape index (κ2) is 6.05. The Hall–Kier alpha value is -2.21. The average molecular weight is 308 g/mol. The van der Waals surface area contributed by atoms with Gasteiger partial charge in [-0.2, -0.15) is 0 Å². The van der Waals surface area contributed by atoms with Crippen molar-refractivity contribution >= 4 is 29.1 Å². The minimum atomic E-state index is -0.481. The fraction of sp³-hybridized carbons (Fsp3) is 0.286. The molecule has 1 heterocycles. The van der Waals surface area contributed by atoms with Crippen LogP contribution in [0, 0.1) is 0 Å². The fourth-order valence-electron chi connectivity index (χ4n) is 2.01. The molecule has 1 aromatic heterocycles. The van der Waals surface area contributed by atoms with Crippen LogP contribution in [0.5, 0.6) is 0 Å². The highest BCUT2D eigenvalue weighted by Gasteiger charge is 2.10. The van der Waals surface area contributed by atoms with Gasteiger partial charge in [-0.05, 0) is 18.2 Å². The highest BCUT2D eigenvalue weighted by atomic mass is 35.5. The molecule has 0 unspecified atom stereocenters. The number of rotatable bonds is 5. The van der Waals surface area contributed by atoms with E-state index in [-0.39, 0.29) is 0 Å². The largest absolute Gasteiger partial charge is 0.378 e. The van der Waals surface area contributed by atoms with Gasteiger partial charge in [0, 0.05) is 26.7 Å². The zero-order valence-electron chi connectivity index (χ0n) is 12.2. The van der Waals surface area contributed by atoms with Crippen LogP contribution in [0.15, 0.2) is 24.4 Å². The molecular formula is C14H18ClN5O. The number of hydrogen-bond acceptors (Lipinski definition) is 4. The van der Waals surface area contributed by atoms with Crippen molar-refractivity contribution in [2.45, 2.75) is 6.54 Å². The first-order chi connectivity index (χ1) is 9.90. The van der Waals surface area contributed by atoms with Crippen molar-refractivity contribution in [1.82, 2.24) is 9.55 Å². The Morgan fingerprint density at radius 2 is 2.19 bits per heavy atom. The molecule has 0 aliphatic rings. The van der Waals surface area contributed by atoms with E-state index in [4.69, 9.17) is 17.3 Å². The van der Waals surface area contributed by atoms with Gasteiger partial charge in [-0.3, -0.25) is 4.79 Å². The summed E-state index contributed by atoms with van der Waals surface area (Å²) >= 11 is 6.12. The number of primary amides is 1. The standard InChI is InChI=1S/C14H18ClN5O/c1-19(2)14-18-8-10(20(14)3)7-17-12-6-9(13(16)21)4-5-11(12)15/h4-6,8,17H,7H2,1-3H3,(H2,16,21). The SMILES string of the molecule is CN(C)c1ncc(CNc2cc(C(N)=O)ccc2Cl)n1C. The highest BCUT2D eigenvalue weighted by molar-refractivity contribution is 6.33. The number of imidazole rings is 1. The Morgan fingerprint density at radius 3 is 2.76 bits per heavy atom. The van der Waals surface area contributed by atoms with Gasteiger partial charge in [0.15, 0.2) is 0 Å². The van der Waals surface area contributed by atoms with E-state index in [0.29, 0.717) is 22.8 Å². The highest BCUT2D eigenvalue weighted by Crippen LogP contribution is 2.24. The Morgan fingerprint density at radius 1 is 1.48 bits per heavy atom. The van der Waals surface area contributed by atoms with E-state index in [1.54, 1.807) is 24.4 Å². The number of aromatic nitrogens is 2. The summed E-state index contributed by atoms with van der Waals surface area (Å²) in [6.07, 6.45) is 1.80. The van der Waals surface area contributed by atoms with Crippen LogP contribution in [-0.4, -0.2) is 29.6 Å². The van der Waals surface area contributed by atoms with Crippen LogP contribution in [0.1, 0.15) is 16.1 Å². The van der Waals surface area contributed by atoms with Gasteiger partial charge in [0.25, 0.3) is 0 Å². The van der Waals surface area contributed by atoms with Crippen molar-refractivity contribution in [3.63, 3.8) is 0 Å². The van der Waals surface area contributed by atoms with E-state index in [1.807, 2.05) is 30.6 Å². The fourth-order valence-corrected chi connectivity index (χ4v) is 2.20. The zero-order valence-corrected chi connectivity index (χ0v) is 13.0. The third-order valence-corrected chi connectivity index (χ3v) is 3.50. The summed E-state index contributed by atoms with van der Waals surface area (Å²) in [5, 5.41) is 3.74. The molecule has 0 aliphatic heterocycles. The summed E-state index contributed by atoms with van der Waals surface area (Å²) < 4.78 is 1.98. The molecule has 6 nitrogen and oxygen atoms in total. The van der Waals surface area contributed by atoms with Gasteiger partial charge < -0.3 is 20.5 Å². The lowest BCUT2D eigenvalue weighted by Gasteiger charge is -2.14. The lowest BCUT2D eigenvalue weighted by molar-refractivity contribution is 0.100. The lowest BCUT2D eigenvalue weighted by atomic mass is 10.2. The summed E-state index contributed by atoms with van der Waals surface area (Å²) in [7, 11) is 5.82. The first kappa shape index (κ1) is 15.2. The Bertz CT molecular complexity index is 665. The Labute approximate surface area is 128 Å². The minimum absolute atomic E-state index is 0.417. The Kier molecular flexibility index (Phi) is 4.37. The molecule has 112 valence electrons. The summed E-state index contributed by atoms with van der Waals surface area (Å²) in [5.41, 5.74) is 7.36. The van der Waals surface area contributed by atoms with Crippen molar-refractivity contribution in [2.75, 3.05) is 24.3 Å². The molecule has 0 saturated heterocycles. The lowest BCUT2D eigenvalue weighted by Crippen LogP contribution is -2.15. The second-order valence-electron chi connectivity index (χ2n) is 4.92. The van der Waals surface area contributed by atoms with Crippen molar-refractivity contribution in [3.8, 4) is 0 Å². The molecule has 2 rings (SSSR count). The van der Waals surface area contributed by atoms with Gasteiger partial charge in [-0.15, -0.1) is 0 Å². The summed E-state index contributed by atoms with van der Waals surface area (Å²) in [5.74, 6) is 0.383. The van der Waals surface area contributed by atoms with Gasteiger partial charge in [0.1, 0.15) is 0 Å². The predicted octanol–water partition coefficient (Wildman–Crippen LogP) is 1.85. The van der Waals surface area contributed by atoms with Crippen LogP contribution in [0.3, 0.4) is 0 Å². The van der Waals surface area contributed by atoms with Gasteiger partial charge >= 0.3 is 0 Å². The topological polar surface area (TPSA) is 76.2 Å². The molecule has 0 fully saturated rings. The molecule has 0 saturated carbocycles. The number of carbonyl (C=O) groups is 1. The number of nitrogens with two attached hydrogens (primary N) is 1. The molecule has 3 N–H and O–H groups in total. The molecule has 0 spiro atoms. The molecule has 1 aromatic carbocycles. The monoisotopic (exact) mass is 307 g/mol. The van der Waals surface area contributed by atoms with Crippen LogP contribution >= 0.6 is 11.6 Å². The number of amides is 1. The molecule has 0 radical (unpaired) electrons.